The Kier molecular flexibility index (Phi) is 5.95. The lowest BCUT2D eigenvalue weighted by Gasteiger charge is -2.22. The number of aromatic nitrogens is 2. The predicted molar refractivity (Wildman–Crippen MR) is 138 cm³/mol. The highest BCUT2D eigenvalue weighted by atomic mass is 79.9. The molecule has 2 heterocycles. The molecule has 1 fully saturated rings. The smallest absolute Gasteiger partial charge is 0.262 e. The van der Waals surface area contributed by atoms with Crippen LogP contribution in [0, 0.1) is 0 Å². The highest BCUT2D eigenvalue weighted by molar-refractivity contribution is 9.10. The van der Waals surface area contributed by atoms with Crippen molar-refractivity contribution in [1.29, 1.82) is 0 Å². The van der Waals surface area contributed by atoms with Gasteiger partial charge in [-0.25, -0.2) is 8.42 Å². The van der Waals surface area contributed by atoms with Gasteiger partial charge in [-0.05, 0) is 54.8 Å². The topological polar surface area (TPSA) is 78.1 Å². The molecule has 33 heavy (non-hydrogen) atoms. The van der Waals surface area contributed by atoms with E-state index in [0.29, 0.717) is 10.2 Å². The lowest BCUT2D eigenvalue weighted by atomic mass is 10.1. The van der Waals surface area contributed by atoms with Crippen molar-refractivity contribution in [2.45, 2.75) is 17.7 Å². The first-order chi connectivity index (χ1) is 16.0. The Morgan fingerprint density at radius 1 is 0.970 bits per heavy atom. The molecule has 2 N–H and O–H groups in total. The summed E-state index contributed by atoms with van der Waals surface area (Å²) in [6.45, 7) is 1.79. The van der Waals surface area contributed by atoms with Gasteiger partial charge >= 0.3 is 0 Å². The number of hydrogen-bond donors (Lipinski definition) is 2. The van der Waals surface area contributed by atoms with E-state index in [1.54, 1.807) is 24.3 Å². The molecule has 1 saturated heterocycles. The molecule has 1 aliphatic heterocycles. The fourth-order valence-electron chi connectivity index (χ4n) is 4.08. The van der Waals surface area contributed by atoms with Crippen LogP contribution in [-0.2, 0) is 10.0 Å². The molecule has 0 bridgehead atoms. The molecule has 0 amide bonds. The van der Waals surface area contributed by atoms with Crippen molar-refractivity contribution in [2.24, 2.45) is 0 Å². The van der Waals surface area contributed by atoms with Crippen molar-refractivity contribution in [2.75, 3.05) is 22.7 Å². The number of benzene rings is 3. The van der Waals surface area contributed by atoms with Gasteiger partial charge in [0.05, 0.1) is 27.5 Å². The van der Waals surface area contributed by atoms with Crippen LogP contribution < -0.4 is 9.62 Å². The van der Waals surface area contributed by atoms with Crippen LogP contribution in [0.3, 0.4) is 0 Å². The van der Waals surface area contributed by atoms with Gasteiger partial charge in [0.25, 0.3) is 10.0 Å². The fourth-order valence-corrected chi connectivity index (χ4v) is 5.74. The maximum atomic E-state index is 13.2. The lowest BCUT2D eigenvalue weighted by Crippen LogP contribution is -2.21. The van der Waals surface area contributed by atoms with Crippen LogP contribution in [0.5, 0.6) is 0 Å². The fraction of sp³-hybridized carbons (Fsp3) is 0.160. The molecule has 4 aromatic rings. The zero-order valence-corrected chi connectivity index (χ0v) is 20.2. The lowest BCUT2D eigenvalue weighted by molar-refractivity contribution is 0.601. The molecule has 0 unspecified atom stereocenters. The number of hydrogen-bond acceptors (Lipinski definition) is 4. The number of anilines is 2. The number of nitrogens with one attached hydrogen (secondary N) is 2. The molecular weight excluding hydrogens is 500 g/mol. The third-order valence-electron chi connectivity index (χ3n) is 5.74. The van der Waals surface area contributed by atoms with E-state index >= 15 is 0 Å². The van der Waals surface area contributed by atoms with Crippen molar-refractivity contribution in [3.63, 3.8) is 0 Å². The molecular formula is C25H23BrN4O2S. The Morgan fingerprint density at radius 2 is 1.76 bits per heavy atom. The number of sulfonamides is 1. The van der Waals surface area contributed by atoms with E-state index < -0.39 is 10.0 Å². The Hall–Kier alpha value is -3.10. The highest BCUT2D eigenvalue weighted by Gasteiger charge is 2.22. The molecule has 6 nitrogen and oxygen atoms in total. The summed E-state index contributed by atoms with van der Waals surface area (Å²) in [4.78, 5) is 2.43. The van der Waals surface area contributed by atoms with Crippen molar-refractivity contribution < 1.29 is 8.42 Å². The summed E-state index contributed by atoms with van der Waals surface area (Å²) in [5.74, 6) is 0. The normalized spacial score (nSPS) is 14.4. The van der Waals surface area contributed by atoms with Crippen molar-refractivity contribution in [3.8, 4) is 0 Å². The molecule has 1 aliphatic rings. The summed E-state index contributed by atoms with van der Waals surface area (Å²) in [5.41, 5.74) is 4.11. The van der Waals surface area contributed by atoms with Gasteiger partial charge < -0.3 is 4.90 Å². The number of fused-ring (bicyclic) bond motifs is 1. The minimum Gasteiger partial charge on any atom is -0.370 e. The van der Waals surface area contributed by atoms with Crippen LogP contribution in [0.4, 0.5) is 11.4 Å². The van der Waals surface area contributed by atoms with Crippen LogP contribution in [-0.4, -0.2) is 31.7 Å². The number of H-pyrrole nitrogens is 1. The molecule has 3 aromatic carbocycles. The van der Waals surface area contributed by atoms with Gasteiger partial charge in [-0.3, -0.25) is 9.82 Å². The summed E-state index contributed by atoms with van der Waals surface area (Å²) in [6.07, 6.45) is 6.11. The Morgan fingerprint density at radius 3 is 2.52 bits per heavy atom. The Balaban J connectivity index is 1.57. The third kappa shape index (κ3) is 4.67. The summed E-state index contributed by atoms with van der Waals surface area (Å²) >= 11 is 3.36. The van der Waals surface area contributed by atoms with Crippen molar-refractivity contribution in [3.05, 3.63) is 82.5 Å². The molecule has 0 spiro atoms. The van der Waals surface area contributed by atoms with E-state index in [1.807, 2.05) is 54.6 Å². The van der Waals surface area contributed by atoms with Crippen LogP contribution >= 0.6 is 15.9 Å². The summed E-state index contributed by atoms with van der Waals surface area (Å²) in [7, 11) is -3.76. The monoisotopic (exact) mass is 522 g/mol. The number of nitrogens with zero attached hydrogens (tertiary/aromatic N) is 2. The molecule has 0 saturated carbocycles. The van der Waals surface area contributed by atoms with Crippen LogP contribution in [0.25, 0.3) is 23.1 Å². The number of halogens is 1. The molecule has 8 heteroatoms. The van der Waals surface area contributed by atoms with Gasteiger partial charge in [-0.15, -0.1) is 0 Å². The Bertz CT molecular complexity index is 1430. The van der Waals surface area contributed by atoms with Crippen molar-refractivity contribution >= 4 is 60.4 Å². The van der Waals surface area contributed by atoms with Gasteiger partial charge in [0, 0.05) is 22.9 Å². The molecule has 5 rings (SSSR count). The standard InChI is InChI=1S/C25H23BrN4O2S/c26-19-9-6-10-20(15-19)33(31,32)29-24-16-21-22(12-11-18-7-2-1-3-8-18)27-28-23(21)17-25(24)30-13-4-5-14-30/h1-3,6-12,15-17,29H,4-5,13-14H2,(H,27,28)/b12-11+. The van der Waals surface area contributed by atoms with Crippen LogP contribution in [0.1, 0.15) is 24.1 Å². The van der Waals surface area contributed by atoms with Crippen molar-refractivity contribution in [1.82, 2.24) is 10.2 Å². The average molecular weight is 523 g/mol. The first kappa shape index (κ1) is 21.7. The first-order valence-electron chi connectivity index (χ1n) is 10.8. The van der Waals surface area contributed by atoms with Gasteiger partial charge in [0.2, 0.25) is 0 Å². The van der Waals surface area contributed by atoms with Gasteiger partial charge in [-0.1, -0.05) is 58.4 Å². The van der Waals surface area contributed by atoms with E-state index in [-0.39, 0.29) is 4.90 Å². The second kappa shape index (κ2) is 9.03. The Labute approximate surface area is 201 Å². The second-order valence-electron chi connectivity index (χ2n) is 8.02. The first-order valence-corrected chi connectivity index (χ1v) is 13.1. The van der Waals surface area contributed by atoms with E-state index in [9.17, 15) is 8.42 Å². The molecule has 1 aromatic heterocycles. The van der Waals surface area contributed by atoms with E-state index in [0.717, 1.165) is 53.8 Å². The largest absolute Gasteiger partial charge is 0.370 e. The second-order valence-corrected chi connectivity index (χ2v) is 10.6. The van der Waals surface area contributed by atoms with Crippen LogP contribution in [0.2, 0.25) is 0 Å². The van der Waals surface area contributed by atoms with E-state index in [2.05, 4.69) is 35.7 Å². The van der Waals surface area contributed by atoms with Gasteiger partial charge in [0.15, 0.2) is 0 Å². The van der Waals surface area contributed by atoms with E-state index in [4.69, 9.17) is 0 Å². The van der Waals surface area contributed by atoms with Gasteiger partial charge in [-0.2, -0.15) is 5.10 Å². The summed E-state index contributed by atoms with van der Waals surface area (Å²) < 4.78 is 30.0. The van der Waals surface area contributed by atoms with Crippen LogP contribution in [0.15, 0.2) is 76.1 Å². The minimum absolute atomic E-state index is 0.209. The molecule has 168 valence electrons. The third-order valence-corrected chi connectivity index (χ3v) is 7.60. The van der Waals surface area contributed by atoms with Gasteiger partial charge in [0.1, 0.15) is 0 Å². The molecule has 0 aliphatic carbocycles. The predicted octanol–water partition coefficient (Wildman–Crippen LogP) is 5.90. The highest BCUT2D eigenvalue weighted by Crippen LogP contribution is 2.36. The maximum Gasteiger partial charge on any atom is 0.262 e. The summed E-state index contributed by atoms with van der Waals surface area (Å²) in [5, 5.41) is 8.44. The zero-order chi connectivity index (χ0) is 22.8. The van der Waals surface area contributed by atoms with E-state index in [1.165, 1.54) is 0 Å². The maximum absolute atomic E-state index is 13.2. The molecule has 0 radical (unpaired) electrons. The minimum atomic E-state index is -3.76. The summed E-state index contributed by atoms with van der Waals surface area (Å²) in [6, 6.07) is 20.6. The zero-order valence-electron chi connectivity index (χ0n) is 17.8. The molecule has 0 atom stereocenters. The SMILES string of the molecule is O=S(=O)(Nc1cc2c(/C=C/c3ccccc3)n[nH]c2cc1N1CCCC1)c1cccc(Br)c1. The number of aromatic amines is 1. The average Bonchev–Trinajstić information content (AvgIpc) is 3.48. The quantitative estimate of drug-likeness (QED) is 0.330. The number of rotatable bonds is 6.